The van der Waals surface area contributed by atoms with Crippen LogP contribution >= 0.6 is 25.3 Å². The van der Waals surface area contributed by atoms with Crippen LogP contribution in [-0.4, -0.2) is 76.3 Å². The van der Waals surface area contributed by atoms with E-state index in [1.165, 1.54) is 0 Å². The molecule has 0 aliphatic rings. The van der Waals surface area contributed by atoms with Gasteiger partial charge in [0, 0.05) is 17.9 Å². The first-order valence-electron chi connectivity index (χ1n) is 8.60. The summed E-state index contributed by atoms with van der Waals surface area (Å²) in [5.74, 6) is -6.02. The van der Waals surface area contributed by atoms with Crippen molar-refractivity contribution in [2.45, 2.75) is 43.4 Å². The highest BCUT2D eigenvalue weighted by molar-refractivity contribution is 7.80. The zero-order valence-corrected chi connectivity index (χ0v) is 17.7. The molecule has 0 spiro atoms. The van der Waals surface area contributed by atoms with Crippen molar-refractivity contribution in [1.29, 1.82) is 0 Å². The number of carboxylic acids is 1. The molecule has 13 nitrogen and oxygen atoms in total. The molecule has 10 N–H and O–H groups in total. The molecule has 0 aliphatic carbocycles. The molecular formula is C15H26N6O7S2. The number of carbonyl (C=O) groups excluding carboxylic acids is 5. The lowest BCUT2D eigenvalue weighted by molar-refractivity contribution is -0.142. The predicted octanol–water partition coefficient (Wildman–Crippen LogP) is -4.15. The zero-order chi connectivity index (χ0) is 23.4. The summed E-state index contributed by atoms with van der Waals surface area (Å²) in [6.45, 7) is 0. The molecule has 0 rings (SSSR count). The average Bonchev–Trinajstić information content (AvgIpc) is 2.66. The first kappa shape index (κ1) is 27.5. The molecular weight excluding hydrogens is 440 g/mol. The van der Waals surface area contributed by atoms with Crippen LogP contribution in [0.1, 0.15) is 19.3 Å². The van der Waals surface area contributed by atoms with Gasteiger partial charge in [-0.15, -0.1) is 0 Å². The lowest BCUT2D eigenvalue weighted by Crippen LogP contribution is -2.58. The maximum atomic E-state index is 12.6. The Morgan fingerprint density at radius 2 is 1.27 bits per heavy atom. The van der Waals surface area contributed by atoms with E-state index in [-0.39, 0.29) is 24.3 Å². The third kappa shape index (κ3) is 10.3. The smallest absolute Gasteiger partial charge is 0.327 e. The van der Waals surface area contributed by atoms with Crippen LogP contribution in [0.25, 0.3) is 0 Å². The van der Waals surface area contributed by atoms with Crippen LogP contribution in [-0.2, 0) is 28.8 Å². The third-order valence-corrected chi connectivity index (χ3v) is 4.44. The van der Waals surface area contributed by atoms with E-state index >= 15 is 0 Å². The Balaban J connectivity index is 5.45. The highest BCUT2D eigenvalue weighted by atomic mass is 32.1. The van der Waals surface area contributed by atoms with Crippen molar-refractivity contribution in [2.24, 2.45) is 17.2 Å². The second-order valence-electron chi connectivity index (χ2n) is 6.17. The van der Waals surface area contributed by atoms with Gasteiger partial charge in [0.1, 0.15) is 18.1 Å². The molecule has 5 amide bonds. The fourth-order valence-corrected chi connectivity index (χ4v) is 2.47. The van der Waals surface area contributed by atoms with E-state index in [4.69, 9.17) is 22.3 Å². The monoisotopic (exact) mass is 466 g/mol. The van der Waals surface area contributed by atoms with E-state index < -0.39 is 66.1 Å². The lowest BCUT2D eigenvalue weighted by atomic mass is 10.1. The van der Waals surface area contributed by atoms with Crippen LogP contribution in [0, 0.1) is 0 Å². The number of carboxylic acid groups (broad SMARTS) is 1. The molecule has 0 aromatic heterocycles. The Morgan fingerprint density at radius 3 is 1.70 bits per heavy atom. The van der Waals surface area contributed by atoms with Crippen LogP contribution in [0.3, 0.4) is 0 Å². The van der Waals surface area contributed by atoms with Crippen LogP contribution in [0.5, 0.6) is 0 Å². The summed E-state index contributed by atoms with van der Waals surface area (Å²) < 4.78 is 0. The molecule has 30 heavy (non-hydrogen) atoms. The normalized spacial score (nSPS) is 14.5. The minimum absolute atomic E-state index is 0.0410. The van der Waals surface area contributed by atoms with Crippen molar-refractivity contribution < 1.29 is 33.9 Å². The highest BCUT2D eigenvalue weighted by Crippen LogP contribution is 2.03. The maximum Gasteiger partial charge on any atom is 0.327 e. The van der Waals surface area contributed by atoms with Gasteiger partial charge in [0.05, 0.1) is 12.5 Å². The Morgan fingerprint density at radius 1 is 0.767 bits per heavy atom. The van der Waals surface area contributed by atoms with E-state index in [0.29, 0.717) is 0 Å². The third-order valence-electron chi connectivity index (χ3n) is 3.68. The van der Waals surface area contributed by atoms with Crippen molar-refractivity contribution in [1.82, 2.24) is 16.0 Å². The van der Waals surface area contributed by atoms with Gasteiger partial charge in [-0.05, 0) is 6.42 Å². The number of nitrogens with one attached hydrogen (secondary N) is 3. The first-order valence-corrected chi connectivity index (χ1v) is 9.87. The van der Waals surface area contributed by atoms with E-state index in [1.54, 1.807) is 0 Å². The van der Waals surface area contributed by atoms with Gasteiger partial charge in [-0.3, -0.25) is 24.0 Å². The average molecular weight is 467 g/mol. The zero-order valence-electron chi connectivity index (χ0n) is 15.9. The van der Waals surface area contributed by atoms with Crippen molar-refractivity contribution in [3.8, 4) is 0 Å². The van der Waals surface area contributed by atoms with Gasteiger partial charge in [0.25, 0.3) is 0 Å². The number of rotatable bonds is 14. The number of thiol groups is 2. The predicted molar refractivity (Wildman–Crippen MR) is 111 cm³/mol. The fraction of sp³-hybridized carbons (Fsp3) is 0.600. The Kier molecular flexibility index (Phi) is 12.5. The number of nitrogens with two attached hydrogens (primary N) is 3. The van der Waals surface area contributed by atoms with E-state index in [2.05, 4.69) is 41.2 Å². The summed E-state index contributed by atoms with van der Waals surface area (Å²) in [7, 11) is 0. The molecule has 0 saturated carbocycles. The minimum Gasteiger partial charge on any atom is -0.480 e. The minimum atomic E-state index is -1.47. The molecule has 170 valence electrons. The topological polar surface area (TPSA) is 237 Å². The van der Waals surface area contributed by atoms with E-state index in [9.17, 15) is 28.8 Å². The van der Waals surface area contributed by atoms with E-state index in [1.807, 2.05) is 0 Å². The second kappa shape index (κ2) is 13.7. The van der Waals surface area contributed by atoms with Crippen molar-refractivity contribution in [2.75, 3.05) is 11.5 Å². The van der Waals surface area contributed by atoms with Crippen molar-refractivity contribution in [3.63, 3.8) is 0 Å². The quantitative estimate of drug-likeness (QED) is 0.114. The maximum absolute atomic E-state index is 12.6. The van der Waals surface area contributed by atoms with Gasteiger partial charge < -0.3 is 38.3 Å². The van der Waals surface area contributed by atoms with Crippen LogP contribution in [0.15, 0.2) is 0 Å². The summed E-state index contributed by atoms with van der Waals surface area (Å²) >= 11 is 7.67. The molecule has 0 aromatic carbocycles. The van der Waals surface area contributed by atoms with Gasteiger partial charge in [-0.2, -0.15) is 25.3 Å². The molecule has 0 fully saturated rings. The Labute approximate surface area is 183 Å². The van der Waals surface area contributed by atoms with Gasteiger partial charge >= 0.3 is 5.97 Å². The summed E-state index contributed by atoms with van der Waals surface area (Å²) in [5, 5.41) is 15.6. The largest absolute Gasteiger partial charge is 0.480 e. The van der Waals surface area contributed by atoms with E-state index in [0.717, 1.165) is 0 Å². The highest BCUT2D eigenvalue weighted by Gasteiger charge is 2.30. The summed E-state index contributed by atoms with van der Waals surface area (Å²) in [4.78, 5) is 70.3. The molecule has 0 unspecified atom stereocenters. The second-order valence-corrected chi connectivity index (χ2v) is 6.90. The van der Waals surface area contributed by atoms with Gasteiger partial charge in [-0.25, -0.2) is 4.79 Å². The number of carbonyl (C=O) groups is 6. The standard InChI is InChI=1S/C15H26N6O7S2/c16-6(4-29)12(24)20-8(3-11(18)23)14(26)19-7(1-2-10(17)22)13(25)21-9(5-30)15(27)28/h6-9,29-30H,1-5,16H2,(H2,17,22)(H2,18,23)(H,19,26)(H,20,24)(H,21,25)(H,27,28)/t6-,7-,8-,9-/m0/s1. The molecule has 0 heterocycles. The molecule has 0 saturated heterocycles. The van der Waals surface area contributed by atoms with Gasteiger partial charge in [0.15, 0.2) is 0 Å². The first-order chi connectivity index (χ1) is 13.9. The number of hydrogen-bond donors (Lipinski definition) is 9. The van der Waals surface area contributed by atoms with Crippen LogP contribution in [0.2, 0.25) is 0 Å². The molecule has 0 radical (unpaired) electrons. The van der Waals surface area contributed by atoms with Gasteiger partial charge in [0.2, 0.25) is 29.5 Å². The van der Waals surface area contributed by atoms with Gasteiger partial charge in [-0.1, -0.05) is 0 Å². The number of amides is 5. The van der Waals surface area contributed by atoms with Crippen LogP contribution < -0.4 is 33.2 Å². The molecule has 4 atom stereocenters. The molecule has 15 heteroatoms. The number of aliphatic carboxylic acids is 1. The van der Waals surface area contributed by atoms with Crippen molar-refractivity contribution in [3.05, 3.63) is 0 Å². The molecule has 0 aliphatic heterocycles. The molecule has 0 aromatic rings. The lowest BCUT2D eigenvalue weighted by Gasteiger charge is -2.24. The SMILES string of the molecule is NC(=O)CC[C@H](NC(=O)[C@H](CC(N)=O)NC(=O)[C@@H](N)CS)C(=O)N[C@@H](CS)C(=O)O. The Hall–Kier alpha value is -2.52. The summed E-state index contributed by atoms with van der Waals surface area (Å²) in [5.41, 5.74) is 15.7. The van der Waals surface area contributed by atoms with Crippen LogP contribution in [0.4, 0.5) is 0 Å². The summed E-state index contributed by atoms with van der Waals surface area (Å²) in [6, 6.07) is -5.29. The Bertz CT molecular complexity index is 678. The molecule has 0 bridgehead atoms. The number of primary amides is 2. The fourth-order valence-electron chi connectivity index (χ4n) is 2.06. The van der Waals surface area contributed by atoms with Crippen molar-refractivity contribution >= 4 is 60.8 Å². The number of hydrogen-bond acceptors (Lipinski definition) is 9. The summed E-state index contributed by atoms with van der Waals surface area (Å²) in [6.07, 6.45) is -1.18.